The SMILES string of the molecule is Cl.NC1CCC12COC2. The molecule has 2 nitrogen and oxygen atoms in total. The van der Waals surface area contributed by atoms with Crippen LogP contribution in [0.3, 0.4) is 0 Å². The molecule has 1 unspecified atom stereocenters. The van der Waals surface area contributed by atoms with E-state index >= 15 is 0 Å². The lowest BCUT2D eigenvalue weighted by Gasteiger charge is -2.53. The molecule has 2 rings (SSSR count). The Morgan fingerprint density at radius 2 is 2.11 bits per heavy atom. The molecular weight excluding hydrogens is 138 g/mol. The fourth-order valence-electron chi connectivity index (χ4n) is 1.44. The molecule has 9 heavy (non-hydrogen) atoms. The van der Waals surface area contributed by atoms with E-state index in [9.17, 15) is 0 Å². The van der Waals surface area contributed by atoms with Crippen LogP contribution in [-0.4, -0.2) is 19.3 Å². The number of hydrogen-bond acceptors (Lipinski definition) is 2. The highest BCUT2D eigenvalue weighted by atomic mass is 35.5. The standard InChI is InChI=1S/C6H11NO.ClH/c7-5-1-2-6(5)3-8-4-6;/h5H,1-4,7H2;1H. The highest BCUT2D eigenvalue weighted by Gasteiger charge is 2.50. The molecule has 1 aliphatic carbocycles. The lowest BCUT2D eigenvalue weighted by molar-refractivity contribution is -0.167. The quantitative estimate of drug-likeness (QED) is 0.546. The lowest BCUT2D eigenvalue weighted by atomic mass is 9.63. The van der Waals surface area contributed by atoms with Crippen molar-refractivity contribution in [3.63, 3.8) is 0 Å². The summed E-state index contributed by atoms with van der Waals surface area (Å²) < 4.78 is 5.07. The van der Waals surface area contributed by atoms with Crippen LogP contribution in [0.2, 0.25) is 0 Å². The van der Waals surface area contributed by atoms with Gasteiger partial charge >= 0.3 is 0 Å². The van der Waals surface area contributed by atoms with Crippen molar-refractivity contribution >= 4 is 12.4 Å². The monoisotopic (exact) mass is 149 g/mol. The number of rotatable bonds is 0. The van der Waals surface area contributed by atoms with Crippen LogP contribution in [0.5, 0.6) is 0 Å². The fraction of sp³-hybridized carbons (Fsp3) is 1.00. The van der Waals surface area contributed by atoms with Gasteiger partial charge in [-0.2, -0.15) is 0 Å². The first-order valence-electron chi connectivity index (χ1n) is 3.17. The number of nitrogens with two attached hydrogens (primary N) is 1. The Morgan fingerprint density at radius 1 is 1.44 bits per heavy atom. The topological polar surface area (TPSA) is 35.2 Å². The molecule has 2 N–H and O–H groups in total. The van der Waals surface area contributed by atoms with E-state index in [1.54, 1.807) is 0 Å². The summed E-state index contributed by atoms with van der Waals surface area (Å²) in [5.74, 6) is 0. The molecule has 0 radical (unpaired) electrons. The van der Waals surface area contributed by atoms with E-state index in [1.807, 2.05) is 0 Å². The molecule has 0 aromatic heterocycles. The third-order valence-electron chi connectivity index (χ3n) is 2.52. The van der Waals surface area contributed by atoms with E-state index in [4.69, 9.17) is 10.5 Å². The van der Waals surface area contributed by atoms with Gasteiger partial charge in [0.05, 0.1) is 13.2 Å². The average molecular weight is 150 g/mol. The Kier molecular flexibility index (Phi) is 1.72. The molecule has 0 aromatic carbocycles. The summed E-state index contributed by atoms with van der Waals surface area (Å²) in [7, 11) is 0. The molecule has 1 saturated carbocycles. The number of ether oxygens (including phenoxy) is 1. The van der Waals surface area contributed by atoms with E-state index in [1.165, 1.54) is 12.8 Å². The van der Waals surface area contributed by atoms with E-state index in [0.29, 0.717) is 11.5 Å². The minimum Gasteiger partial charge on any atom is -0.380 e. The van der Waals surface area contributed by atoms with Crippen molar-refractivity contribution in [2.24, 2.45) is 11.1 Å². The molecule has 2 aliphatic rings. The van der Waals surface area contributed by atoms with Crippen LogP contribution in [0.25, 0.3) is 0 Å². The van der Waals surface area contributed by atoms with Gasteiger partial charge in [0, 0.05) is 11.5 Å². The van der Waals surface area contributed by atoms with Crippen LogP contribution in [-0.2, 0) is 4.74 Å². The van der Waals surface area contributed by atoms with E-state index in [0.717, 1.165) is 13.2 Å². The third kappa shape index (κ3) is 0.775. The second-order valence-corrected chi connectivity index (χ2v) is 3.00. The van der Waals surface area contributed by atoms with Gasteiger partial charge in [0.25, 0.3) is 0 Å². The maximum Gasteiger partial charge on any atom is 0.0559 e. The Bertz CT molecular complexity index is 108. The van der Waals surface area contributed by atoms with Gasteiger partial charge in [0.15, 0.2) is 0 Å². The maximum absolute atomic E-state index is 5.74. The van der Waals surface area contributed by atoms with E-state index in [-0.39, 0.29) is 12.4 Å². The zero-order valence-electron chi connectivity index (χ0n) is 5.30. The van der Waals surface area contributed by atoms with Gasteiger partial charge in [0.1, 0.15) is 0 Å². The molecule has 3 heteroatoms. The normalized spacial score (nSPS) is 36.3. The highest BCUT2D eigenvalue weighted by Crippen LogP contribution is 2.45. The molecule has 1 spiro atoms. The first-order chi connectivity index (χ1) is 3.83. The van der Waals surface area contributed by atoms with Gasteiger partial charge in [-0.05, 0) is 12.8 Å². The minimum atomic E-state index is 0. The van der Waals surface area contributed by atoms with Crippen molar-refractivity contribution in [3.8, 4) is 0 Å². The van der Waals surface area contributed by atoms with Crippen LogP contribution in [0, 0.1) is 5.41 Å². The van der Waals surface area contributed by atoms with Gasteiger partial charge in [-0.3, -0.25) is 0 Å². The molecule has 1 atom stereocenters. The van der Waals surface area contributed by atoms with Gasteiger partial charge in [-0.25, -0.2) is 0 Å². The molecule has 0 aromatic rings. The number of hydrogen-bond donors (Lipinski definition) is 1. The van der Waals surface area contributed by atoms with E-state index in [2.05, 4.69) is 0 Å². The van der Waals surface area contributed by atoms with Crippen LogP contribution in [0.15, 0.2) is 0 Å². The summed E-state index contributed by atoms with van der Waals surface area (Å²) in [5.41, 5.74) is 6.20. The van der Waals surface area contributed by atoms with Gasteiger partial charge < -0.3 is 10.5 Å². The van der Waals surface area contributed by atoms with Crippen LogP contribution in [0.1, 0.15) is 12.8 Å². The van der Waals surface area contributed by atoms with Gasteiger partial charge in [-0.1, -0.05) is 0 Å². The zero-order valence-corrected chi connectivity index (χ0v) is 6.12. The summed E-state index contributed by atoms with van der Waals surface area (Å²) in [5, 5.41) is 0. The number of halogens is 1. The smallest absolute Gasteiger partial charge is 0.0559 e. The van der Waals surface area contributed by atoms with Crippen molar-refractivity contribution in [1.82, 2.24) is 0 Å². The van der Waals surface area contributed by atoms with E-state index < -0.39 is 0 Å². The average Bonchev–Trinajstić information content (AvgIpc) is 1.58. The van der Waals surface area contributed by atoms with Crippen LogP contribution < -0.4 is 5.73 Å². The summed E-state index contributed by atoms with van der Waals surface area (Å²) >= 11 is 0. The first kappa shape index (κ1) is 7.32. The molecular formula is C6H12ClNO. The molecule has 1 heterocycles. The van der Waals surface area contributed by atoms with Gasteiger partial charge in [0.2, 0.25) is 0 Å². The molecule has 0 amide bonds. The fourth-order valence-corrected chi connectivity index (χ4v) is 1.44. The Balaban J connectivity index is 0.000000405. The Morgan fingerprint density at radius 3 is 2.11 bits per heavy atom. The van der Waals surface area contributed by atoms with Crippen molar-refractivity contribution < 1.29 is 4.74 Å². The predicted molar refractivity (Wildman–Crippen MR) is 37.7 cm³/mol. The van der Waals surface area contributed by atoms with Crippen LogP contribution in [0.4, 0.5) is 0 Å². The molecule has 54 valence electrons. The summed E-state index contributed by atoms with van der Waals surface area (Å²) in [6, 6.07) is 0.455. The third-order valence-corrected chi connectivity index (χ3v) is 2.52. The molecule has 1 aliphatic heterocycles. The second-order valence-electron chi connectivity index (χ2n) is 3.00. The van der Waals surface area contributed by atoms with Crippen molar-refractivity contribution in [2.45, 2.75) is 18.9 Å². The minimum absolute atomic E-state index is 0. The zero-order chi connectivity index (χ0) is 5.61. The predicted octanol–water partition coefficient (Wildman–Crippen LogP) is 0.546. The molecule has 2 fully saturated rings. The second kappa shape index (κ2) is 2.11. The molecule has 0 bridgehead atoms. The lowest BCUT2D eigenvalue weighted by Crippen LogP contribution is -2.61. The summed E-state index contributed by atoms with van der Waals surface area (Å²) in [6.45, 7) is 1.85. The summed E-state index contributed by atoms with van der Waals surface area (Å²) in [4.78, 5) is 0. The first-order valence-corrected chi connectivity index (χ1v) is 3.17. The Hall–Kier alpha value is 0.210. The van der Waals surface area contributed by atoms with Crippen molar-refractivity contribution in [3.05, 3.63) is 0 Å². The Labute approximate surface area is 61.2 Å². The largest absolute Gasteiger partial charge is 0.380 e. The van der Waals surface area contributed by atoms with Crippen LogP contribution >= 0.6 is 12.4 Å². The van der Waals surface area contributed by atoms with Crippen molar-refractivity contribution in [1.29, 1.82) is 0 Å². The molecule has 1 saturated heterocycles. The highest BCUT2D eigenvalue weighted by molar-refractivity contribution is 5.85. The summed E-state index contributed by atoms with van der Waals surface area (Å²) in [6.07, 6.45) is 2.51. The maximum atomic E-state index is 5.74. The van der Waals surface area contributed by atoms with Gasteiger partial charge in [-0.15, -0.1) is 12.4 Å². The van der Waals surface area contributed by atoms with Crippen molar-refractivity contribution in [2.75, 3.05) is 13.2 Å².